The fourth-order valence-electron chi connectivity index (χ4n) is 1.41. The molecule has 0 aromatic carbocycles. The second-order valence-electron chi connectivity index (χ2n) is 3.50. The predicted octanol–water partition coefficient (Wildman–Crippen LogP) is 1.94. The lowest BCUT2D eigenvalue weighted by Gasteiger charge is -2.18. The van der Waals surface area contributed by atoms with Crippen molar-refractivity contribution in [2.24, 2.45) is 0 Å². The van der Waals surface area contributed by atoms with Gasteiger partial charge in [-0.1, -0.05) is 0 Å². The summed E-state index contributed by atoms with van der Waals surface area (Å²) in [5.74, 6) is -0.0806. The van der Waals surface area contributed by atoms with Crippen LogP contribution in [0.15, 0.2) is 11.8 Å². The molecule has 1 aliphatic rings. The zero-order chi connectivity index (χ0) is 11.3. The molecule has 4 nitrogen and oxygen atoms in total. The van der Waals surface area contributed by atoms with Gasteiger partial charge in [0.15, 0.2) is 6.10 Å². The quantitative estimate of drug-likeness (QED) is 0.576. The summed E-state index contributed by atoms with van der Waals surface area (Å²) in [5, 5.41) is 0. The van der Waals surface area contributed by atoms with Crippen LogP contribution >= 0.6 is 0 Å². The van der Waals surface area contributed by atoms with Gasteiger partial charge < -0.3 is 9.47 Å². The van der Waals surface area contributed by atoms with Crippen molar-refractivity contribution in [2.45, 2.75) is 45.6 Å². The normalized spacial score (nSPS) is 27.1. The van der Waals surface area contributed by atoms with E-state index in [0.29, 0.717) is 31.4 Å². The lowest BCUT2D eigenvalue weighted by Crippen LogP contribution is -2.22. The number of hydrogen-bond donors (Lipinski definition) is 0. The number of carbonyl (C=O) groups is 2. The minimum absolute atomic E-state index is 0.236. The number of allylic oxidation sites excluding steroid dienone is 1. The van der Waals surface area contributed by atoms with Crippen molar-refractivity contribution in [1.82, 2.24) is 0 Å². The Labute approximate surface area is 89.2 Å². The van der Waals surface area contributed by atoms with Gasteiger partial charge >= 0.3 is 11.9 Å². The first-order chi connectivity index (χ1) is 7.13. The first kappa shape index (κ1) is 11.8. The van der Waals surface area contributed by atoms with Crippen molar-refractivity contribution >= 4 is 11.9 Å². The van der Waals surface area contributed by atoms with Crippen LogP contribution in [0.4, 0.5) is 0 Å². The molecule has 1 fully saturated rings. The third-order valence-electron chi connectivity index (χ3n) is 2.24. The van der Waals surface area contributed by atoms with Gasteiger partial charge in [0.1, 0.15) is 5.76 Å². The Morgan fingerprint density at radius 1 is 1.20 bits per heavy atom. The van der Waals surface area contributed by atoms with Crippen molar-refractivity contribution in [3.63, 3.8) is 0 Å². The van der Waals surface area contributed by atoms with Crippen LogP contribution < -0.4 is 0 Å². The number of carbonyl (C=O) groups excluding carboxylic acids is 2. The van der Waals surface area contributed by atoms with Gasteiger partial charge in [0.2, 0.25) is 0 Å². The molecule has 1 rings (SSSR count). The summed E-state index contributed by atoms with van der Waals surface area (Å²) in [7, 11) is 0. The van der Waals surface area contributed by atoms with Crippen LogP contribution in [0.1, 0.15) is 39.5 Å². The molecule has 1 saturated heterocycles. The molecule has 4 heteroatoms. The minimum atomic E-state index is -0.482. The molecular weight excluding hydrogens is 196 g/mol. The second-order valence-corrected chi connectivity index (χ2v) is 3.50. The van der Waals surface area contributed by atoms with Crippen molar-refractivity contribution in [3.8, 4) is 0 Å². The lowest BCUT2D eigenvalue weighted by atomic mass is 10.2. The molecule has 0 radical (unpaired) electrons. The zero-order valence-electron chi connectivity index (χ0n) is 9.12. The minimum Gasteiger partial charge on any atom is -0.454 e. The molecule has 84 valence electrons. The molecule has 0 aliphatic carbocycles. The monoisotopic (exact) mass is 212 g/mol. The smallest absolute Gasteiger partial charge is 0.310 e. The molecule has 0 aromatic heterocycles. The molecule has 0 amide bonds. The Balaban J connectivity index is 2.70. The van der Waals surface area contributed by atoms with E-state index in [-0.39, 0.29) is 11.9 Å². The van der Waals surface area contributed by atoms with E-state index in [1.807, 2.05) is 0 Å². The number of rotatable bonds is 0. The van der Waals surface area contributed by atoms with Crippen molar-refractivity contribution in [1.29, 1.82) is 0 Å². The van der Waals surface area contributed by atoms with Crippen LogP contribution in [0.3, 0.4) is 0 Å². The van der Waals surface area contributed by atoms with Crippen LogP contribution in [-0.4, -0.2) is 18.0 Å². The van der Waals surface area contributed by atoms with E-state index in [1.165, 1.54) is 0 Å². The second kappa shape index (κ2) is 5.53. The summed E-state index contributed by atoms with van der Waals surface area (Å²) in [5.41, 5.74) is 0. The Morgan fingerprint density at radius 3 is 2.40 bits per heavy atom. The molecule has 1 unspecified atom stereocenters. The predicted molar refractivity (Wildman–Crippen MR) is 53.9 cm³/mol. The van der Waals surface area contributed by atoms with E-state index < -0.39 is 6.10 Å². The van der Waals surface area contributed by atoms with E-state index in [1.54, 1.807) is 19.9 Å². The number of cyclic esters (lactones) is 2. The Kier molecular flexibility index (Phi) is 4.34. The fourth-order valence-corrected chi connectivity index (χ4v) is 1.41. The van der Waals surface area contributed by atoms with Crippen LogP contribution in [0.5, 0.6) is 0 Å². The SMILES string of the molecule is CC=C1OC(=O)CCCCC(=O)OC1C. The Morgan fingerprint density at radius 2 is 1.80 bits per heavy atom. The summed E-state index contributed by atoms with van der Waals surface area (Å²) in [6.07, 6.45) is 3.23. The fraction of sp³-hybridized carbons (Fsp3) is 0.636. The van der Waals surface area contributed by atoms with E-state index >= 15 is 0 Å². The summed E-state index contributed by atoms with van der Waals surface area (Å²) < 4.78 is 10.2. The molecule has 0 bridgehead atoms. The van der Waals surface area contributed by atoms with E-state index in [0.717, 1.165) is 0 Å². The molecular formula is C11H16O4. The lowest BCUT2D eigenvalue weighted by molar-refractivity contribution is -0.153. The molecule has 15 heavy (non-hydrogen) atoms. The maximum atomic E-state index is 11.3. The Bertz CT molecular complexity index is 280. The maximum absolute atomic E-state index is 11.3. The highest BCUT2D eigenvalue weighted by Gasteiger charge is 2.19. The average Bonchev–Trinajstić information content (AvgIpc) is 2.20. The zero-order valence-corrected chi connectivity index (χ0v) is 9.12. The number of esters is 2. The summed E-state index contributed by atoms with van der Waals surface area (Å²) in [4.78, 5) is 22.6. The van der Waals surface area contributed by atoms with Gasteiger partial charge in [-0.05, 0) is 32.8 Å². The highest BCUT2D eigenvalue weighted by atomic mass is 16.6. The van der Waals surface area contributed by atoms with Crippen molar-refractivity contribution in [3.05, 3.63) is 11.8 Å². The van der Waals surface area contributed by atoms with E-state index in [4.69, 9.17) is 9.47 Å². The Hall–Kier alpha value is -1.32. The first-order valence-electron chi connectivity index (χ1n) is 5.20. The van der Waals surface area contributed by atoms with Gasteiger partial charge in [-0.2, -0.15) is 0 Å². The van der Waals surface area contributed by atoms with Crippen LogP contribution in [0, 0.1) is 0 Å². The molecule has 0 spiro atoms. The van der Waals surface area contributed by atoms with Gasteiger partial charge in [0.05, 0.1) is 0 Å². The summed E-state index contributed by atoms with van der Waals surface area (Å²) in [6.45, 7) is 3.45. The van der Waals surface area contributed by atoms with E-state index in [2.05, 4.69) is 0 Å². The largest absolute Gasteiger partial charge is 0.454 e. The molecule has 1 heterocycles. The highest BCUT2D eigenvalue weighted by Crippen LogP contribution is 2.15. The maximum Gasteiger partial charge on any atom is 0.310 e. The van der Waals surface area contributed by atoms with Gasteiger partial charge in [-0.3, -0.25) is 9.59 Å². The highest BCUT2D eigenvalue weighted by molar-refractivity contribution is 5.72. The third-order valence-corrected chi connectivity index (χ3v) is 2.24. The van der Waals surface area contributed by atoms with Gasteiger partial charge in [0, 0.05) is 12.8 Å². The number of hydrogen-bond acceptors (Lipinski definition) is 4. The number of ether oxygens (including phenoxy) is 2. The topological polar surface area (TPSA) is 52.6 Å². The molecule has 1 atom stereocenters. The van der Waals surface area contributed by atoms with Gasteiger partial charge in [-0.15, -0.1) is 0 Å². The average molecular weight is 212 g/mol. The van der Waals surface area contributed by atoms with Gasteiger partial charge in [-0.25, -0.2) is 0 Å². The standard InChI is InChI=1S/C11H16O4/c1-3-9-8(2)14-10(12)6-4-5-7-11(13)15-9/h3,8H,4-7H2,1-2H3. The molecule has 0 saturated carbocycles. The molecule has 0 N–H and O–H groups in total. The van der Waals surface area contributed by atoms with E-state index in [9.17, 15) is 9.59 Å². The summed E-state index contributed by atoms with van der Waals surface area (Å²) in [6, 6.07) is 0. The summed E-state index contributed by atoms with van der Waals surface area (Å²) >= 11 is 0. The van der Waals surface area contributed by atoms with Crippen LogP contribution in [0.25, 0.3) is 0 Å². The van der Waals surface area contributed by atoms with Crippen LogP contribution in [0.2, 0.25) is 0 Å². The third kappa shape index (κ3) is 3.73. The molecule has 1 aliphatic heterocycles. The van der Waals surface area contributed by atoms with Gasteiger partial charge in [0.25, 0.3) is 0 Å². The van der Waals surface area contributed by atoms with Crippen molar-refractivity contribution < 1.29 is 19.1 Å². The molecule has 0 aromatic rings. The van der Waals surface area contributed by atoms with Crippen molar-refractivity contribution in [2.75, 3.05) is 0 Å². The first-order valence-corrected chi connectivity index (χ1v) is 5.20. The van der Waals surface area contributed by atoms with Crippen LogP contribution in [-0.2, 0) is 19.1 Å².